The molecule has 0 radical (unpaired) electrons. The number of rotatable bonds is 3. The predicted molar refractivity (Wildman–Crippen MR) is 78.1 cm³/mol. The van der Waals surface area contributed by atoms with Crippen molar-refractivity contribution in [3.63, 3.8) is 0 Å². The number of carboxylic acid groups (broad SMARTS) is 1. The Labute approximate surface area is 119 Å². The zero-order valence-electron chi connectivity index (χ0n) is 11.3. The van der Waals surface area contributed by atoms with E-state index in [1.165, 1.54) is 18.2 Å². The Morgan fingerprint density at radius 1 is 1.14 bits per heavy atom. The van der Waals surface area contributed by atoms with E-state index in [-0.39, 0.29) is 16.4 Å². The molecule has 2 aromatic carbocycles. The van der Waals surface area contributed by atoms with Crippen molar-refractivity contribution in [2.45, 2.75) is 6.92 Å². The van der Waals surface area contributed by atoms with Crippen molar-refractivity contribution >= 4 is 27.9 Å². The summed E-state index contributed by atoms with van der Waals surface area (Å²) in [5.74, 6) is -0.460. The fraction of sp³-hybridized carbons (Fsp3) is 0.125. The first-order valence-electron chi connectivity index (χ1n) is 6.47. The fourth-order valence-electron chi connectivity index (χ4n) is 2.22. The number of aromatic carboxylic acids is 1. The molecule has 5 heteroatoms. The molecule has 0 unspecified atom stereocenters. The highest BCUT2D eigenvalue weighted by atomic mass is 16.5. The van der Waals surface area contributed by atoms with Gasteiger partial charge in [0.15, 0.2) is 0 Å². The van der Waals surface area contributed by atoms with Crippen molar-refractivity contribution in [1.29, 1.82) is 0 Å². The van der Waals surface area contributed by atoms with E-state index in [1.807, 2.05) is 6.92 Å². The van der Waals surface area contributed by atoms with Crippen LogP contribution in [0.1, 0.15) is 17.3 Å². The van der Waals surface area contributed by atoms with Gasteiger partial charge >= 0.3 is 5.97 Å². The van der Waals surface area contributed by atoms with Crippen molar-refractivity contribution in [2.75, 3.05) is 6.61 Å². The summed E-state index contributed by atoms with van der Waals surface area (Å²) in [6.45, 7) is 2.39. The van der Waals surface area contributed by atoms with Crippen molar-refractivity contribution in [1.82, 2.24) is 0 Å². The first kappa shape index (κ1) is 13.2. The Kier molecular flexibility index (Phi) is 3.10. The molecule has 0 bridgehead atoms. The van der Waals surface area contributed by atoms with Crippen LogP contribution >= 0.6 is 0 Å². The Morgan fingerprint density at radius 2 is 1.95 bits per heavy atom. The topological polar surface area (TPSA) is 76.7 Å². The minimum absolute atomic E-state index is 0.0556. The van der Waals surface area contributed by atoms with Gasteiger partial charge in [0, 0.05) is 6.07 Å². The zero-order valence-corrected chi connectivity index (χ0v) is 11.3. The van der Waals surface area contributed by atoms with Gasteiger partial charge in [-0.05, 0) is 37.3 Å². The fourth-order valence-corrected chi connectivity index (χ4v) is 2.22. The minimum Gasteiger partial charge on any atom is -0.494 e. The van der Waals surface area contributed by atoms with Crippen molar-refractivity contribution in [2.24, 2.45) is 0 Å². The van der Waals surface area contributed by atoms with Gasteiger partial charge in [-0.25, -0.2) is 4.79 Å². The quantitative estimate of drug-likeness (QED) is 0.748. The zero-order chi connectivity index (χ0) is 15.0. The molecule has 0 saturated heterocycles. The van der Waals surface area contributed by atoms with Gasteiger partial charge in [-0.2, -0.15) is 0 Å². The van der Waals surface area contributed by atoms with Crippen molar-refractivity contribution in [3.05, 3.63) is 52.2 Å². The summed E-state index contributed by atoms with van der Waals surface area (Å²) in [7, 11) is 0. The normalized spacial score (nSPS) is 10.9. The van der Waals surface area contributed by atoms with Crippen LogP contribution < -0.4 is 10.2 Å². The van der Waals surface area contributed by atoms with Gasteiger partial charge < -0.3 is 14.3 Å². The Bertz CT molecular complexity index is 908. The molecule has 1 N–H and O–H groups in total. The lowest BCUT2D eigenvalue weighted by Gasteiger charge is -2.05. The third kappa shape index (κ3) is 2.23. The van der Waals surface area contributed by atoms with E-state index in [1.54, 1.807) is 18.2 Å². The molecular formula is C16H12O5. The van der Waals surface area contributed by atoms with Crippen LogP contribution in [-0.4, -0.2) is 17.7 Å². The number of hydrogen-bond donors (Lipinski definition) is 1. The minimum atomic E-state index is -1.08. The first-order valence-corrected chi connectivity index (χ1v) is 6.47. The number of carbonyl (C=O) groups is 1. The summed E-state index contributed by atoms with van der Waals surface area (Å²) >= 11 is 0. The first-order chi connectivity index (χ1) is 10.1. The van der Waals surface area contributed by atoms with Crippen LogP contribution in [-0.2, 0) is 0 Å². The molecule has 106 valence electrons. The summed E-state index contributed by atoms with van der Waals surface area (Å²) in [5.41, 5.74) is 0.574. The van der Waals surface area contributed by atoms with E-state index in [2.05, 4.69) is 0 Å². The van der Waals surface area contributed by atoms with Gasteiger partial charge in [-0.3, -0.25) is 4.79 Å². The maximum atomic E-state index is 12.4. The van der Waals surface area contributed by atoms with Crippen LogP contribution in [0.25, 0.3) is 21.9 Å². The molecule has 0 aliphatic rings. The van der Waals surface area contributed by atoms with Gasteiger partial charge in [0.1, 0.15) is 16.9 Å². The Balaban J connectivity index is 2.32. The summed E-state index contributed by atoms with van der Waals surface area (Å²) < 4.78 is 11.1. The maximum Gasteiger partial charge on any atom is 0.335 e. The summed E-state index contributed by atoms with van der Waals surface area (Å²) in [6, 6.07) is 9.21. The van der Waals surface area contributed by atoms with Crippen LogP contribution in [0.4, 0.5) is 0 Å². The van der Waals surface area contributed by atoms with Gasteiger partial charge in [0.25, 0.3) is 0 Å². The summed E-state index contributed by atoms with van der Waals surface area (Å²) in [4.78, 5) is 23.4. The summed E-state index contributed by atoms with van der Waals surface area (Å²) in [5, 5.41) is 9.65. The monoisotopic (exact) mass is 284 g/mol. The number of fused-ring (bicyclic) bond motifs is 2. The molecule has 1 heterocycles. The molecular weight excluding hydrogens is 272 g/mol. The van der Waals surface area contributed by atoms with E-state index >= 15 is 0 Å². The van der Waals surface area contributed by atoms with Crippen LogP contribution in [0.2, 0.25) is 0 Å². The molecule has 5 nitrogen and oxygen atoms in total. The highest BCUT2D eigenvalue weighted by Crippen LogP contribution is 2.23. The molecule has 0 spiro atoms. The van der Waals surface area contributed by atoms with Crippen molar-refractivity contribution in [3.8, 4) is 5.75 Å². The highest BCUT2D eigenvalue weighted by molar-refractivity contribution is 5.96. The molecule has 0 saturated carbocycles. The number of carboxylic acids is 1. The van der Waals surface area contributed by atoms with E-state index in [9.17, 15) is 9.59 Å². The van der Waals surface area contributed by atoms with Gasteiger partial charge in [-0.15, -0.1) is 0 Å². The van der Waals surface area contributed by atoms with E-state index < -0.39 is 5.97 Å². The second kappa shape index (κ2) is 4.94. The van der Waals surface area contributed by atoms with E-state index in [0.29, 0.717) is 28.9 Å². The average molecular weight is 284 g/mol. The molecule has 3 rings (SSSR count). The molecule has 21 heavy (non-hydrogen) atoms. The number of benzene rings is 2. The van der Waals surface area contributed by atoms with Crippen LogP contribution in [0.3, 0.4) is 0 Å². The van der Waals surface area contributed by atoms with Gasteiger partial charge in [0.2, 0.25) is 5.43 Å². The SMILES string of the molecule is CCOc1ccc2c(=O)c3cc(C(=O)O)ccc3oc2c1. The number of ether oxygens (including phenoxy) is 1. The standard InChI is InChI=1S/C16H12O5/c1-2-20-10-4-5-11-14(8-10)21-13-6-3-9(16(18)19)7-12(13)15(11)17/h3-8H,2H2,1H3,(H,18,19). The van der Waals surface area contributed by atoms with E-state index in [0.717, 1.165) is 0 Å². The second-order valence-corrected chi connectivity index (χ2v) is 4.54. The average Bonchev–Trinajstić information content (AvgIpc) is 2.47. The highest BCUT2D eigenvalue weighted by Gasteiger charge is 2.11. The van der Waals surface area contributed by atoms with E-state index in [4.69, 9.17) is 14.3 Å². The summed E-state index contributed by atoms with van der Waals surface area (Å²) in [6.07, 6.45) is 0. The molecule has 0 aliphatic carbocycles. The van der Waals surface area contributed by atoms with Crippen LogP contribution in [0.5, 0.6) is 5.75 Å². The molecule has 0 aliphatic heterocycles. The third-order valence-electron chi connectivity index (χ3n) is 3.20. The van der Waals surface area contributed by atoms with Gasteiger partial charge in [-0.1, -0.05) is 0 Å². The molecule has 1 aromatic heterocycles. The van der Waals surface area contributed by atoms with Crippen LogP contribution in [0.15, 0.2) is 45.6 Å². The number of hydrogen-bond acceptors (Lipinski definition) is 4. The molecule has 3 aromatic rings. The Morgan fingerprint density at radius 3 is 2.67 bits per heavy atom. The largest absolute Gasteiger partial charge is 0.494 e. The lowest BCUT2D eigenvalue weighted by Crippen LogP contribution is -2.04. The molecule has 0 amide bonds. The molecule has 0 fully saturated rings. The molecule has 0 atom stereocenters. The second-order valence-electron chi connectivity index (χ2n) is 4.54. The van der Waals surface area contributed by atoms with Gasteiger partial charge in [0.05, 0.1) is 22.9 Å². The lowest BCUT2D eigenvalue weighted by molar-refractivity contribution is 0.0697. The lowest BCUT2D eigenvalue weighted by atomic mass is 10.1. The maximum absolute atomic E-state index is 12.4. The van der Waals surface area contributed by atoms with Crippen molar-refractivity contribution < 1.29 is 19.1 Å². The predicted octanol–water partition coefficient (Wildman–Crippen LogP) is 3.04. The van der Waals surface area contributed by atoms with Crippen LogP contribution in [0, 0.1) is 0 Å². The third-order valence-corrected chi connectivity index (χ3v) is 3.20. The smallest absolute Gasteiger partial charge is 0.335 e. The Hall–Kier alpha value is -2.82.